The molecule has 10 heteroatoms. The van der Waals surface area contributed by atoms with Gasteiger partial charge >= 0.3 is 0 Å². The first-order valence-electron chi connectivity index (χ1n) is 17.9. The molecule has 4 aliphatic heterocycles. The van der Waals surface area contributed by atoms with Crippen molar-refractivity contribution in [3.8, 4) is 0 Å². The van der Waals surface area contributed by atoms with Crippen LogP contribution in [0.5, 0.6) is 0 Å². The summed E-state index contributed by atoms with van der Waals surface area (Å²) in [7, 11) is 0. The van der Waals surface area contributed by atoms with Crippen LogP contribution in [0.1, 0.15) is 91.4 Å². The Morgan fingerprint density at radius 1 is 0.704 bits per heavy atom. The summed E-state index contributed by atoms with van der Waals surface area (Å²) in [5.74, 6) is -1.86. The molecule has 5 aliphatic rings. The van der Waals surface area contributed by atoms with Gasteiger partial charge in [-0.3, -0.25) is 33.8 Å². The second-order valence-electron chi connectivity index (χ2n) is 15.7. The number of Topliss-reactive ketones (excluding diaryl/α,β-unsaturated/α-hetero) is 1. The number of fused-ring (bicyclic) bond motifs is 4. The minimum atomic E-state index is -0.589. The molecule has 0 aromatic heterocycles. The lowest BCUT2D eigenvalue weighted by Gasteiger charge is -2.32. The summed E-state index contributed by atoms with van der Waals surface area (Å²) < 4.78 is 0. The predicted octanol–water partition coefficient (Wildman–Crippen LogP) is 4.54. The van der Waals surface area contributed by atoms with Gasteiger partial charge < -0.3 is 15.7 Å². The summed E-state index contributed by atoms with van der Waals surface area (Å²) >= 11 is 0. The molecule has 1 atom stereocenters. The molecule has 4 heterocycles. The van der Waals surface area contributed by atoms with E-state index in [0.29, 0.717) is 28.0 Å². The van der Waals surface area contributed by atoms with Crippen LogP contribution in [-0.4, -0.2) is 45.3 Å². The van der Waals surface area contributed by atoms with E-state index in [1.54, 1.807) is 60.7 Å². The molecule has 0 spiro atoms. The Hall–Kier alpha value is -6.39. The Kier molecular flexibility index (Phi) is 7.16. The van der Waals surface area contributed by atoms with Gasteiger partial charge in [0.25, 0.3) is 23.6 Å². The number of imide groups is 2. The number of carbonyl (C=O) groups excluding carboxylic acids is 5. The number of hydrogen-bond acceptors (Lipinski definition) is 7. The normalized spacial score (nSPS) is 21.9. The third-order valence-corrected chi connectivity index (χ3v) is 11.8. The van der Waals surface area contributed by atoms with Gasteiger partial charge in [-0.2, -0.15) is 0 Å². The zero-order chi connectivity index (χ0) is 37.8. The molecule has 4 amide bonds. The number of nitrogens with zero attached hydrogens (tertiary/aromatic N) is 2. The maximum Gasteiger partial charge on any atom is 0.261 e. The van der Waals surface area contributed by atoms with Crippen LogP contribution in [0, 0.1) is 0 Å². The number of quaternary nitrogens is 1. The fraction of sp³-hybridized carbons (Fsp3) is 0.205. The summed E-state index contributed by atoms with van der Waals surface area (Å²) in [6.07, 6.45) is 3.42. The quantitative estimate of drug-likeness (QED) is 0.169. The van der Waals surface area contributed by atoms with Gasteiger partial charge in [0.2, 0.25) is 0 Å². The van der Waals surface area contributed by atoms with Gasteiger partial charge in [-0.1, -0.05) is 62.1 Å². The zero-order valence-corrected chi connectivity index (χ0v) is 30.2. The maximum atomic E-state index is 13.6. The first-order valence-corrected chi connectivity index (χ1v) is 17.9. The molecule has 1 aliphatic carbocycles. The van der Waals surface area contributed by atoms with E-state index in [4.69, 9.17) is 0 Å². The Morgan fingerprint density at radius 2 is 1.20 bits per heavy atom. The highest BCUT2D eigenvalue weighted by atomic mass is 16.3. The monoisotopic (exact) mass is 716 g/mol. The number of benzene rings is 4. The molecule has 10 nitrogen and oxygen atoms in total. The molecule has 1 unspecified atom stereocenters. The van der Waals surface area contributed by atoms with Crippen molar-refractivity contribution < 1.29 is 34.4 Å². The first kappa shape index (κ1) is 33.4. The second kappa shape index (κ2) is 11.6. The van der Waals surface area contributed by atoms with Gasteiger partial charge in [0.1, 0.15) is 11.7 Å². The van der Waals surface area contributed by atoms with Crippen molar-refractivity contribution in [1.82, 2.24) is 9.80 Å². The van der Waals surface area contributed by atoms with E-state index < -0.39 is 10.8 Å². The number of hydrogen-bond donors (Lipinski definition) is 2. The number of rotatable bonds is 6. The van der Waals surface area contributed by atoms with Crippen LogP contribution >= 0.6 is 0 Å². The molecule has 54 heavy (non-hydrogen) atoms. The molecule has 0 radical (unpaired) electrons. The minimum absolute atomic E-state index is 0.118. The van der Waals surface area contributed by atoms with Crippen LogP contribution in [-0.2, 0) is 28.7 Å². The molecule has 0 saturated carbocycles. The number of allylic oxidation sites excluding steroid dienone is 4. The van der Waals surface area contributed by atoms with E-state index >= 15 is 0 Å². The molecule has 0 fully saturated rings. The van der Waals surface area contributed by atoms with Crippen molar-refractivity contribution in [3.63, 3.8) is 0 Å². The standard InChI is InChI=1S/C44H36N4O6/c1-43(2)31-17-23(21-47-39(51)25-9-5-6-10-26(25)40(47)52)13-15-33(31)45-35(43)19-29-37(49)30(38(29)50)20-36-44(3,4)32-18-24(14-16-34(32)46-36)22-48-41(53)27-11-7-8-12-28(27)42(48)54/h5-20,35,45-46,49H,21-22H2,1-4H3. The Morgan fingerprint density at radius 3 is 1.72 bits per heavy atom. The second-order valence-corrected chi connectivity index (χ2v) is 15.7. The predicted molar refractivity (Wildman–Crippen MR) is 197 cm³/mol. The maximum absolute atomic E-state index is 13.6. The van der Waals surface area contributed by atoms with E-state index in [0.717, 1.165) is 33.6 Å². The summed E-state index contributed by atoms with van der Waals surface area (Å²) in [4.78, 5) is 68.1. The fourth-order valence-electron chi connectivity index (χ4n) is 8.39. The molecule has 0 bridgehead atoms. The molecule has 9 rings (SSSR count). The number of amides is 4. The van der Waals surface area contributed by atoms with Gasteiger partial charge in [-0.25, -0.2) is 0 Å². The Balaban J connectivity index is 0.921. The number of anilines is 1. The van der Waals surface area contributed by atoms with Crippen LogP contribution in [0.25, 0.3) is 0 Å². The average Bonchev–Trinajstić information content (AvgIpc) is 3.76. The van der Waals surface area contributed by atoms with Crippen molar-refractivity contribution in [2.75, 3.05) is 5.32 Å². The van der Waals surface area contributed by atoms with Crippen molar-refractivity contribution in [1.29, 1.82) is 0 Å². The van der Waals surface area contributed by atoms with Gasteiger partial charge in [-0.15, -0.1) is 0 Å². The van der Waals surface area contributed by atoms with Crippen molar-refractivity contribution in [3.05, 3.63) is 164 Å². The number of carbonyl (C=O) groups is 5. The summed E-state index contributed by atoms with van der Waals surface area (Å²) in [5, 5.41) is 19.0. The van der Waals surface area contributed by atoms with E-state index in [9.17, 15) is 29.1 Å². The van der Waals surface area contributed by atoms with Crippen LogP contribution in [0.3, 0.4) is 0 Å². The zero-order valence-electron chi connectivity index (χ0n) is 30.2. The van der Waals surface area contributed by atoms with Crippen LogP contribution in [0.2, 0.25) is 0 Å². The lowest BCUT2D eigenvalue weighted by molar-refractivity contribution is -0.596. The topological polar surface area (TPSA) is 144 Å². The van der Waals surface area contributed by atoms with Crippen molar-refractivity contribution in [2.45, 2.75) is 57.7 Å². The SMILES string of the molecule is CC1(C)C(=CC2=C([O-])C(=CC3[NH2+]c4ccc(CN5C(=O)c6ccccc6C5=O)cc4C3(C)C)C2=O)Nc2ccc(CN3C(=O)c4ccccc4C3=O)cc21. The van der Waals surface area contributed by atoms with E-state index in [1.807, 2.05) is 50.2 Å². The molecular formula is C44H36N4O6. The van der Waals surface area contributed by atoms with Crippen molar-refractivity contribution >= 4 is 40.8 Å². The third-order valence-electron chi connectivity index (χ3n) is 11.8. The van der Waals surface area contributed by atoms with Gasteiger partial charge in [0.05, 0.1) is 40.8 Å². The van der Waals surface area contributed by atoms with E-state index in [-0.39, 0.29) is 65.4 Å². The average molecular weight is 717 g/mol. The van der Waals surface area contributed by atoms with Gasteiger partial charge in [0.15, 0.2) is 5.78 Å². The summed E-state index contributed by atoms with van der Waals surface area (Å²) in [6, 6.07) is 25.0. The lowest BCUT2D eigenvalue weighted by atomic mass is 9.76. The Bertz CT molecular complexity index is 2470. The minimum Gasteiger partial charge on any atom is -0.871 e. The summed E-state index contributed by atoms with van der Waals surface area (Å²) in [6.45, 7) is 8.41. The largest absolute Gasteiger partial charge is 0.871 e. The van der Waals surface area contributed by atoms with Gasteiger partial charge in [-0.05, 0) is 85.2 Å². The molecule has 0 saturated heterocycles. The third kappa shape index (κ3) is 4.79. The van der Waals surface area contributed by atoms with E-state index in [2.05, 4.69) is 24.5 Å². The first-order chi connectivity index (χ1) is 25.8. The lowest BCUT2D eigenvalue weighted by Crippen LogP contribution is -2.84. The molecule has 4 aromatic carbocycles. The number of ketones is 1. The molecule has 4 aromatic rings. The number of nitrogens with two attached hydrogens (primary N) is 1. The summed E-state index contributed by atoms with van der Waals surface area (Å²) in [5.41, 5.74) is 6.93. The molecule has 3 N–H and O–H groups in total. The molecular weight excluding hydrogens is 681 g/mol. The van der Waals surface area contributed by atoms with Crippen LogP contribution in [0.15, 0.2) is 120 Å². The highest BCUT2D eigenvalue weighted by Crippen LogP contribution is 2.46. The van der Waals surface area contributed by atoms with Crippen LogP contribution < -0.4 is 15.7 Å². The van der Waals surface area contributed by atoms with Crippen LogP contribution in [0.4, 0.5) is 11.4 Å². The van der Waals surface area contributed by atoms with Crippen molar-refractivity contribution in [2.24, 2.45) is 0 Å². The fourth-order valence-corrected chi connectivity index (χ4v) is 8.39. The highest BCUT2D eigenvalue weighted by molar-refractivity contribution is 6.22. The highest BCUT2D eigenvalue weighted by Gasteiger charge is 2.45. The smallest absolute Gasteiger partial charge is 0.261 e. The van der Waals surface area contributed by atoms with Gasteiger partial charge in [0, 0.05) is 33.5 Å². The van der Waals surface area contributed by atoms with E-state index in [1.165, 1.54) is 9.80 Å². The Labute approximate surface area is 311 Å². The molecule has 268 valence electrons. The number of nitrogens with one attached hydrogen (secondary N) is 1.